The van der Waals surface area contributed by atoms with E-state index in [9.17, 15) is 0 Å². The highest BCUT2D eigenvalue weighted by molar-refractivity contribution is 5.69. The van der Waals surface area contributed by atoms with E-state index in [0.29, 0.717) is 6.73 Å². The third-order valence-corrected chi connectivity index (χ3v) is 0.395. The van der Waals surface area contributed by atoms with Crippen LogP contribution in [0.15, 0.2) is 9.98 Å². The molecule has 1 heterocycles. The maximum atomic E-state index is 4.55. The maximum Gasteiger partial charge on any atom is 0.198 e. The molecule has 0 fully saturated rings. The van der Waals surface area contributed by atoms with E-state index in [1.807, 2.05) is 0 Å². The number of hydrogen-bond acceptors (Lipinski definition) is 3. The fourth-order valence-electron chi connectivity index (χ4n) is 0.201. The van der Waals surface area contributed by atoms with Crippen molar-refractivity contribution in [3.63, 3.8) is 0 Å². The Labute approximate surface area is 35.4 Å². The molecule has 0 aromatic rings. The monoisotopic (exact) mass is 83.0 g/mol. The van der Waals surface area contributed by atoms with Crippen molar-refractivity contribution >= 4 is 12.7 Å². The standard InChI is InChI=1S/C3H3N2O/c1-4-2-6-3-5-1/h2H,3H2. The van der Waals surface area contributed by atoms with Gasteiger partial charge in [-0.2, -0.15) is 4.99 Å². The molecular weight excluding hydrogens is 80.0 g/mol. The van der Waals surface area contributed by atoms with Crippen LogP contribution in [0.5, 0.6) is 0 Å². The Balaban J connectivity index is 2.46. The third-order valence-electron chi connectivity index (χ3n) is 0.395. The van der Waals surface area contributed by atoms with Crippen molar-refractivity contribution in [1.29, 1.82) is 0 Å². The van der Waals surface area contributed by atoms with Crippen molar-refractivity contribution in [3.8, 4) is 0 Å². The van der Waals surface area contributed by atoms with Crippen LogP contribution in [0.2, 0.25) is 0 Å². The zero-order valence-corrected chi connectivity index (χ0v) is 3.09. The van der Waals surface area contributed by atoms with Gasteiger partial charge in [-0.3, -0.25) is 0 Å². The fourth-order valence-corrected chi connectivity index (χ4v) is 0.201. The van der Waals surface area contributed by atoms with Crippen LogP contribution >= 0.6 is 0 Å². The summed E-state index contributed by atoms with van der Waals surface area (Å²) in [6, 6.07) is 0. The molecule has 0 spiro atoms. The van der Waals surface area contributed by atoms with E-state index in [4.69, 9.17) is 0 Å². The van der Waals surface area contributed by atoms with Crippen LogP contribution in [0.1, 0.15) is 0 Å². The Hall–Kier alpha value is -0.860. The quantitative estimate of drug-likeness (QED) is 0.403. The smallest absolute Gasteiger partial charge is 0.198 e. The van der Waals surface area contributed by atoms with E-state index in [1.165, 1.54) is 6.40 Å². The summed E-state index contributed by atoms with van der Waals surface area (Å²) >= 11 is 0. The molecule has 3 heteroatoms. The number of rotatable bonds is 0. The Kier molecular flexibility index (Phi) is 0.859. The van der Waals surface area contributed by atoms with E-state index in [0.717, 1.165) is 0 Å². The van der Waals surface area contributed by atoms with Gasteiger partial charge in [0.1, 0.15) is 0 Å². The first-order chi connectivity index (χ1) is 3.00. The molecule has 0 aromatic carbocycles. The molecule has 0 N–H and O–H groups in total. The minimum atomic E-state index is 0.365. The van der Waals surface area contributed by atoms with Crippen LogP contribution in [0.4, 0.5) is 0 Å². The van der Waals surface area contributed by atoms with Gasteiger partial charge >= 0.3 is 0 Å². The molecule has 6 heavy (non-hydrogen) atoms. The van der Waals surface area contributed by atoms with Gasteiger partial charge in [-0.1, -0.05) is 0 Å². The highest BCUT2D eigenvalue weighted by Gasteiger charge is 1.78. The summed E-state index contributed by atoms with van der Waals surface area (Å²) in [6.45, 7) is 0.365. The second-order valence-electron chi connectivity index (χ2n) is 0.788. The Morgan fingerprint density at radius 3 is 3.00 bits per heavy atom. The van der Waals surface area contributed by atoms with Crippen LogP contribution in [0, 0.1) is 0 Å². The van der Waals surface area contributed by atoms with Crippen molar-refractivity contribution in [2.24, 2.45) is 9.98 Å². The van der Waals surface area contributed by atoms with Gasteiger partial charge in [-0.15, -0.1) is 0 Å². The van der Waals surface area contributed by atoms with Crippen LogP contribution in [-0.2, 0) is 4.74 Å². The normalized spacial score (nSPS) is 17.3. The first-order valence-corrected chi connectivity index (χ1v) is 1.55. The highest BCUT2D eigenvalue weighted by atomic mass is 16.5. The summed E-state index contributed by atoms with van der Waals surface area (Å²) in [5, 5.41) is 0. The maximum absolute atomic E-state index is 4.55. The lowest BCUT2D eigenvalue weighted by Crippen LogP contribution is -1.92. The highest BCUT2D eigenvalue weighted by Crippen LogP contribution is 1.75. The minimum absolute atomic E-state index is 0.365. The molecule has 0 bridgehead atoms. The van der Waals surface area contributed by atoms with Crippen LogP contribution in [0.3, 0.4) is 0 Å². The Morgan fingerprint density at radius 2 is 2.83 bits per heavy atom. The molecule has 0 saturated heterocycles. The van der Waals surface area contributed by atoms with Crippen molar-refractivity contribution < 1.29 is 4.74 Å². The SMILES string of the molecule is [C]1=NCOC=N1. The summed E-state index contributed by atoms with van der Waals surface area (Å²) in [5.74, 6) is 0. The van der Waals surface area contributed by atoms with Gasteiger partial charge in [0.2, 0.25) is 0 Å². The second kappa shape index (κ2) is 1.55. The lowest BCUT2D eigenvalue weighted by Gasteiger charge is -1.92. The van der Waals surface area contributed by atoms with E-state index < -0.39 is 0 Å². The van der Waals surface area contributed by atoms with E-state index in [-0.39, 0.29) is 0 Å². The molecule has 31 valence electrons. The van der Waals surface area contributed by atoms with Gasteiger partial charge < -0.3 is 4.74 Å². The van der Waals surface area contributed by atoms with Crippen molar-refractivity contribution in [1.82, 2.24) is 0 Å². The predicted molar refractivity (Wildman–Crippen MR) is 21.9 cm³/mol. The molecule has 0 amide bonds. The summed E-state index contributed by atoms with van der Waals surface area (Å²) in [4.78, 5) is 6.92. The van der Waals surface area contributed by atoms with E-state index in [1.54, 1.807) is 0 Å². The number of aliphatic imine (C=N–C) groups is 2. The molecule has 1 aliphatic rings. The summed E-state index contributed by atoms with van der Waals surface area (Å²) < 4.78 is 4.55. The van der Waals surface area contributed by atoms with Crippen molar-refractivity contribution in [2.75, 3.05) is 6.73 Å². The van der Waals surface area contributed by atoms with Crippen LogP contribution in [0.25, 0.3) is 0 Å². The van der Waals surface area contributed by atoms with Gasteiger partial charge in [-0.25, -0.2) is 4.99 Å². The molecule has 0 aliphatic carbocycles. The van der Waals surface area contributed by atoms with Gasteiger partial charge in [0, 0.05) is 0 Å². The molecular formula is C3H3N2O. The van der Waals surface area contributed by atoms with Gasteiger partial charge in [-0.05, 0) is 0 Å². The molecule has 0 unspecified atom stereocenters. The largest absolute Gasteiger partial charge is 0.461 e. The van der Waals surface area contributed by atoms with Gasteiger partial charge in [0.15, 0.2) is 19.5 Å². The van der Waals surface area contributed by atoms with Crippen molar-refractivity contribution in [2.45, 2.75) is 0 Å². The minimum Gasteiger partial charge on any atom is -0.461 e. The zero-order chi connectivity index (χ0) is 4.24. The average Bonchev–Trinajstić information content (AvgIpc) is 1.72. The third kappa shape index (κ3) is 0.544. The molecule has 0 aromatic heterocycles. The molecule has 1 radical (unpaired) electrons. The average molecular weight is 83.1 g/mol. The number of ether oxygens (including phenoxy) is 1. The number of hydrogen-bond donors (Lipinski definition) is 0. The summed E-state index contributed by atoms with van der Waals surface area (Å²) in [6.07, 6.45) is 3.67. The topological polar surface area (TPSA) is 34.0 Å². The first-order valence-electron chi connectivity index (χ1n) is 1.55. The molecule has 0 atom stereocenters. The van der Waals surface area contributed by atoms with E-state index in [2.05, 4.69) is 21.1 Å². The van der Waals surface area contributed by atoms with Gasteiger partial charge in [0.05, 0.1) is 0 Å². The van der Waals surface area contributed by atoms with Gasteiger partial charge in [0.25, 0.3) is 0 Å². The summed E-state index contributed by atoms with van der Waals surface area (Å²) in [7, 11) is 0. The molecule has 0 saturated carbocycles. The summed E-state index contributed by atoms with van der Waals surface area (Å²) in [5.41, 5.74) is 0. The lowest BCUT2D eigenvalue weighted by atomic mass is 11.1. The van der Waals surface area contributed by atoms with E-state index >= 15 is 0 Å². The van der Waals surface area contributed by atoms with Crippen LogP contribution < -0.4 is 0 Å². The first kappa shape index (κ1) is 3.33. The fraction of sp³-hybridized carbons (Fsp3) is 0.333. The zero-order valence-electron chi connectivity index (χ0n) is 3.09. The Morgan fingerprint density at radius 1 is 1.83 bits per heavy atom. The Bertz CT molecular complexity index is 74.8. The number of nitrogens with zero attached hydrogens (tertiary/aromatic N) is 2. The molecule has 1 rings (SSSR count). The van der Waals surface area contributed by atoms with Crippen molar-refractivity contribution in [3.05, 3.63) is 0 Å². The molecule has 1 aliphatic heterocycles. The lowest BCUT2D eigenvalue weighted by molar-refractivity contribution is 0.331. The predicted octanol–water partition coefficient (Wildman–Crippen LogP) is -0.0923. The molecule has 3 nitrogen and oxygen atoms in total. The van der Waals surface area contributed by atoms with Crippen LogP contribution in [-0.4, -0.2) is 19.5 Å². The second-order valence-corrected chi connectivity index (χ2v) is 0.788.